The molecule has 0 aliphatic heterocycles. The van der Waals surface area contributed by atoms with E-state index in [1.807, 2.05) is 0 Å². The first-order chi connectivity index (χ1) is 10.0. The third kappa shape index (κ3) is 3.35. The Hall–Kier alpha value is -2.90. The smallest absolute Gasteiger partial charge is 0.307 e. The largest absolute Gasteiger partial charge is 0.497 e. The number of methoxy groups -OCH3 is 1. The van der Waals surface area contributed by atoms with Crippen LogP contribution in [0, 0.1) is 10.1 Å². The number of ether oxygens (including phenoxy) is 1. The van der Waals surface area contributed by atoms with Crippen molar-refractivity contribution in [3.05, 3.63) is 46.8 Å². The molecule has 110 valence electrons. The summed E-state index contributed by atoms with van der Waals surface area (Å²) in [5.41, 5.74) is 0.452. The van der Waals surface area contributed by atoms with Gasteiger partial charge in [-0.1, -0.05) is 0 Å². The maximum absolute atomic E-state index is 12.1. The van der Waals surface area contributed by atoms with Crippen LogP contribution in [0.3, 0.4) is 0 Å². The number of anilines is 1. The summed E-state index contributed by atoms with van der Waals surface area (Å²) in [7, 11) is 1.56. The lowest BCUT2D eigenvalue weighted by molar-refractivity contribution is -0.385. The Morgan fingerprint density at radius 2 is 2.10 bits per heavy atom. The monoisotopic (exact) mass is 290 g/mol. The van der Waals surface area contributed by atoms with Gasteiger partial charge in [0.1, 0.15) is 24.2 Å². The van der Waals surface area contributed by atoms with Gasteiger partial charge in [0.25, 0.3) is 0 Å². The first-order valence-electron chi connectivity index (χ1n) is 6.14. The highest BCUT2D eigenvalue weighted by Gasteiger charge is 2.19. The molecule has 0 radical (unpaired) electrons. The molecule has 1 heterocycles. The zero-order valence-electron chi connectivity index (χ0n) is 11.5. The zero-order valence-corrected chi connectivity index (χ0v) is 11.5. The SMILES string of the molecule is COc1ccc(NC(=O)[C@H](C)n2cc([N+](=O)[O-])cn2)cc1. The van der Waals surface area contributed by atoms with Crippen LogP contribution in [0.25, 0.3) is 0 Å². The number of hydrogen-bond acceptors (Lipinski definition) is 5. The Labute approximate surface area is 120 Å². The predicted molar refractivity (Wildman–Crippen MR) is 75.2 cm³/mol. The van der Waals surface area contributed by atoms with Crippen molar-refractivity contribution >= 4 is 17.3 Å². The van der Waals surface area contributed by atoms with E-state index in [9.17, 15) is 14.9 Å². The van der Waals surface area contributed by atoms with Crippen molar-refractivity contribution in [2.45, 2.75) is 13.0 Å². The van der Waals surface area contributed by atoms with Crippen LogP contribution in [0.15, 0.2) is 36.7 Å². The molecule has 2 rings (SSSR count). The van der Waals surface area contributed by atoms with Crippen molar-refractivity contribution < 1.29 is 14.5 Å². The van der Waals surface area contributed by atoms with Crippen LogP contribution in [0.1, 0.15) is 13.0 Å². The number of nitrogens with one attached hydrogen (secondary N) is 1. The fourth-order valence-corrected chi connectivity index (χ4v) is 1.68. The van der Waals surface area contributed by atoms with Crippen molar-refractivity contribution in [3.8, 4) is 5.75 Å². The minimum atomic E-state index is -0.666. The highest BCUT2D eigenvalue weighted by molar-refractivity contribution is 5.93. The molecule has 1 aromatic heterocycles. The molecule has 1 aromatic carbocycles. The van der Waals surface area contributed by atoms with Crippen LogP contribution < -0.4 is 10.1 Å². The summed E-state index contributed by atoms with van der Waals surface area (Å²) in [5, 5.41) is 17.1. The Kier molecular flexibility index (Phi) is 4.17. The second-order valence-corrected chi connectivity index (χ2v) is 4.33. The van der Waals surface area contributed by atoms with Crippen LogP contribution in [0.4, 0.5) is 11.4 Å². The third-order valence-corrected chi connectivity index (χ3v) is 2.93. The second-order valence-electron chi connectivity index (χ2n) is 4.33. The van der Waals surface area contributed by atoms with Gasteiger partial charge in [-0.3, -0.25) is 19.6 Å². The lowest BCUT2D eigenvalue weighted by atomic mass is 10.2. The molecule has 0 fully saturated rings. The number of nitrogens with zero attached hydrogens (tertiary/aromatic N) is 3. The summed E-state index contributed by atoms with van der Waals surface area (Å²) in [6, 6.07) is 6.18. The maximum Gasteiger partial charge on any atom is 0.307 e. The molecular weight excluding hydrogens is 276 g/mol. The number of hydrogen-bond donors (Lipinski definition) is 1. The fraction of sp³-hybridized carbons (Fsp3) is 0.231. The standard InChI is InChI=1S/C13H14N4O4/c1-9(16-8-11(7-14-16)17(19)20)13(18)15-10-3-5-12(21-2)6-4-10/h3-9H,1-2H3,(H,15,18)/t9-/m0/s1. The van der Waals surface area contributed by atoms with Crippen LogP contribution in [-0.4, -0.2) is 27.7 Å². The molecule has 0 aliphatic rings. The molecule has 8 heteroatoms. The highest BCUT2D eigenvalue weighted by atomic mass is 16.6. The van der Waals surface area contributed by atoms with Crippen LogP contribution >= 0.6 is 0 Å². The molecule has 0 spiro atoms. The number of carbonyl (C=O) groups is 1. The molecule has 2 aromatic rings. The van der Waals surface area contributed by atoms with E-state index in [1.54, 1.807) is 38.3 Å². The predicted octanol–water partition coefficient (Wildman–Crippen LogP) is 2.00. The van der Waals surface area contributed by atoms with E-state index in [4.69, 9.17) is 4.74 Å². The van der Waals surface area contributed by atoms with E-state index < -0.39 is 11.0 Å². The van der Waals surface area contributed by atoms with Gasteiger partial charge in [-0.2, -0.15) is 5.10 Å². The van der Waals surface area contributed by atoms with E-state index in [-0.39, 0.29) is 11.6 Å². The van der Waals surface area contributed by atoms with E-state index >= 15 is 0 Å². The molecule has 0 bridgehead atoms. The van der Waals surface area contributed by atoms with Crippen molar-refractivity contribution in [2.75, 3.05) is 12.4 Å². The van der Waals surface area contributed by atoms with Gasteiger partial charge in [-0.05, 0) is 31.2 Å². The number of nitro groups is 1. The minimum Gasteiger partial charge on any atom is -0.497 e. The van der Waals surface area contributed by atoms with Crippen molar-refractivity contribution in [1.82, 2.24) is 9.78 Å². The third-order valence-electron chi connectivity index (χ3n) is 2.93. The number of carbonyl (C=O) groups excluding carboxylic acids is 1. The maximum atomic E-state index is 12.1. The topological polar surface area (TPSA) is 99.3 Å². The number of benzene rings is 1. The van der Waals surface area contributed by atoms with E-state index in [1.165, 1.54) is 10.9 Å². The molecule has 0 unspecified atom stereocenters. The number of rotatable bonds is 5. The molecule has 8 nitrogen and oxygen atoms in total. The van der Waals surface area contributed by atoms with Crippen LogP contribution in [-0.2, 0) is 4.79 Å². The Morgan fingerprint density at radius 3 is 2.62 bits per heavy atom. The summed E-state index contributed by atoms with van der Waals surface area (Å²) >= 11 is 0. The molecule has 1 amide bonds. The van der Waals surface area contributed by atoms with Crippen molar-refractivity contribution in [2.24, 2.45) is 0 Å². The van der Waals surface area contributed by atoms with Gasteiger partial charge in [0.15, 0.2) is 0 Å². The van der Waals surface area contributed by atoms with Gasteiger partial charge in [-0.25, -0.2) is 0 Å². The number of amides is 1. The van der Waals surface area contributed by atoms with E-state index in [0.717, 1.165) is 6.20 Å². The summed E-state index contributed by atoms with van der Waals surface area (Å²) in [6.07, 6.45) is 2.33. The zero-order chi connectivity index (χ0) is 15.4. The summed E-state index contributed by atoms with van der Waals surface area (Å²) in [6.45, 7) is 1.61. The van der Waals surface area contributed by atoms with Gasteiger partial charge < -0.3 is 10.1 Å². The van der Waals surface area contributed by atoms with Gasteiger partial charge in [0.2, 0.25) is 5.91 Å². The van der Waals surface area contributed by atoms with E-state index in [2.05, 4.69) is 10.4 Å². The first kappa shape index (κ1) is 14.5. The Morgan fingerprint density at radius 1 is 1.43 bits per heavy atom. The molecular formula is C13H14N4O4. The molecule has 1 atom stereocenters. The van der Waals surface area contributed by atoms with Crippen molar-refractivity contribution in [3.63, 3.8) is 0 Å². The van der Waals surface area contributed by atoms with Gasteiger partial charge in [0.05, 0.1) is 12.0 Å². The summed E-state index contributed by atoms with van der Waals surface area (Å²) in [4.78, 5) is 22.1. The van der Waals surface area contributed by atoms with E-state index in [0.29, 0.717) is 11.4 Å². The van der Waals surface area contributed by atoms with Gasteiger partial charge >= 0.3 is 5.69 Å². The summed E-state index contributed by atoms with van der Waals surface area (Å²) in [5.74, 6) is 0.363. The normalized spacial score (nSPS) is 11.7. The minimum absolute atomic E-state index is 0.154. The lowest BCUT2D eigenvalue weighted by Gasteiger charge is -2.12. The fourth-order valence-electron chi connectivity index (χ4n) is 1.68. The quantitative estimate of drug-likeness (QED) is 0.670. The van der Waals surface area contributed by atoms with Crippen LogP contribution in [0.2, 0.25) is 0 Å². The van der Waals surface area contributed by atoms with Crippen LogP contribution in [0.5, 0.6) is 5.75 Å². The van der Waals surface area contributed by atoms with Gasteiger partial charge in [-0.15, -0.1) is 0 Å². The molecule has 0 aliphatic carbocycles. The molecule has 21 heavy (non-hydrogen) atoms. The lowest BCUT2D eigenvalue weighted by Crippen LogP contribution is -2.23. The van der Waals surface area contributed by atoms with Gasteiger partial charge in [0, 0.05) is 5.69 Å². The molecule has 1 N–H and O–H groups in total. The Bertz CT molecular complexity index is 650. The molecule has 0 saturated carbocycles. The first-order valence-corrected chi connectivity index (χ1v) is 6.14. The number of aromatic nitrogens is 2. The second kappa shape index (κ2) is 6.04. The Balaban J connectivity index is 2.05. The summed E-state index contributed by atoms with van der Waals surface area (Å²) < 4.78 is 6.27. The molecule has 0 saturated heterocycles. The average molecular weight is 290 g/mol. The van der Waals surface area contributed by atoms with Crippen molar-refractivity contribution in [1.29, 1.82) is 0 Å². The highest BCUT2D eigenvalue weighted by Crippen LogP contribution is 2.18. The average Bonchev–Trinajstić information content (AvgIpc) is 2.97.